The molecule has 0 radical (unpaired) electrons. The Morgan fingerprint density at radius 3 is 2.88 bits per heavy atom. The summed E-state index contributed by atoms with van der Waals surface area (Å²) in [6, 6.07) is 9.67. The maximum Gasteiger partial charge on any atom is 0.255 e. The van der Waals surface area contributed by atoms with Crippen LogP contribution in [0.1, 0.15) is 21.5 Å². The van der Waals surface area contributed by atoms with Gasteiger partial charge >= 0.3 is 0 Å². The second kappa shape index (κ2) is 7.07. The second-order valence-corrected chi connectivity index (χ2v) is 6.15. The molecule has 6 nitrogen and oxygen atoms in total. The number of carbonyl (C=O) groups is 1. The van der Waals surface area contributed by atoms with Gasteiger partial charge in [0.15, 0.2) is 0 Å². The average molecular weight is 327 g/mol. The van der Waals surface area contributed by atoms with Crippen molar-refractivity contribution in [2.75, 3.05) is 26.3 Å². The zero-order valence-corrected chi connectivity index (χ0v) is 13.7. The molecule has 3 rings (SSSR count). The molecule has 1 N–H and O–H groups in total. The summed E-state index contributed by atoms with van der Waals surface area (Å²) in [5.41, 5.74) is 1.98. The molecule has 1 fully saturated rings. The summed E-state index contributed by atoms with van der Waals surface area (Å²) in [4.78, 5) is 14.4. The van der Waals surface area contributed by atoms with Gasteiger partial charge in [-0.05, 0) is 24.1 Å². The zero-order chi connectivity index (χ0) is 17.0. The normalized spacial score (nSPS) is 20.8. The standard InChI is InChI=1S/C18H21N3O3/c1-14-4-2-3-5-15(14)10-18(13-22)12-21(8-9-24-18)17(23)16-6-7-19-20-11-16/h2-7,11,22H,8-10,12-13H2,1H3/t18-/m0/s1. The highest BCUT2D eigenvalue weighted by molar-refractivity contribution is 5.93. The Kier molecular flexibility index (Phi) is 4.87. The van der Waals surface area contributed by atoms with Crippen molar-refractivity contribution < 1.29 is 14.6 Å². The summed E-state index contributed by atoms with van der Waals surface area (Å²) in [6.45, 7) is 3.14. The summed E-state index contributed by atoms with van der Waals surface area (Å²) in [6.07, 6.45) is 3.52. The lowest BCUT2D eigenvalue weighted by Gasteiger charge is -2.42. The Labute approximate surface area is 141 Å². The second-order valence-electron chi connectivity index (χ2n) is 6.15. The molecule has 0 spiro atoms. The molecule has 1 atom stereocenters. The first-order chi connectivity index (χ1) is 11.6. The van der Waals surface area contributed by atoms with Crippen molar-refractivity contribution in [2.45, 2.75) is 18.9 Å². The number of hydrogen-bond donors (Lipinski definition) is 1. The lowest BCUT2D eigenvalue weighted by molar-refractivity contribution is -0.123. The third-order valence-corrected chi connectivity index (χ3v) is 4.43. The van der Waals surface area contributed by atoms with Gasteiger partial charge in [-0.1, -0.05) is 24.3 Å². The van der Waals surface area contributed by atoms with Crippen molar-refractivity contribution in [3.63, 3.8) is 0 Å². The largest absolute Gasteiger partial charge is 0.393 e. The first-order valence-corrected chi connectivity index (χ1v) is 7.99. The highest BCUT2D eigenvalue weighted by atomic mass is 16.5. The zero-order valence-electron chi connectivity index (χ0n) is 13.7. The van der Waals surface area contributed by atoms with Gasteiger partial charge in [-0.15, -0.1) is 0 Å². The van der Waals surface area contributed by atoms with E-state index in [1.165, 1.54) is 12.4 Å². The molecule has 0 bridgehead atoms. The predicted octanol–water partition coefficient (Wildman–Crippen LogP) is 1.23. The lowest BCUT2D eigenvalue weighted by atomic mass is 9.90. The van der Waals surface area contributed by atoms with E-state index in [2.05, 4.69) is 10.2 Å². The fourth-order valence-corrected chi connectivity index (χ4v) is 3.03. The number of aliphatic hydroxyl groups excluding tert-OH is 1. The van der Waals surface area contributed by atoms with E-state index in [4.69, 9.17) is 4.74 Å². The number of morpholine rings is 1. The van der Waals surface area contributed by atoms with E-state index in [0.717, 1.165) is 11.1 Å². The molecule has 24 heavy (non-hydrogen) atoms. The molecule has 1 aromatic carbocycles. The number of aliphatic hydroxyl groups is 1. The van der Waals surface area contributed by atoms with Crippen LogP contribution in [0, 0.1) is 6.92 Å². The summed E-state index contributed by atoms with van der Waals surface area (Å²) in [5.74, 6) is -0.115. The molecule has 2 heterocycles. The van der Waals surface area contributed by atoms with Crippen LogP contribution in [0.5, 0.6) is 0 Å². The minimum Gasteiger partial charge on any atom is -0.393 e. The van der Waals surface area contributed by atoms with Gasteiger partial charge < -0.3 is 14.7 Å². The minimum atomic E-state index is -0.777. The van der Waals surface area contributed by atoms with Gasteiger partial charge in [-0.2, -0.15) is 10.2 Å². The molecule has 1 saturated heterocycles. The third kappa shape index (κ3) is 3.44. The van der Waals surface area contributed by atoms with E-state index in [1.54, 1.807) is 11.0 Å². The number of aryl methyl sites for hydroxylation is 1. The van der Waals surface area contributed by atoms with Crippen LogP contribution >= 0.6 is 0 Å². The van der Waals surface area contributed by atoms with E-state index >= 15 is 0 Å². The number of hydrogen-bond acceptors (Lipinski definition) is 5. The van der Waals surface area contributed by atoms with Gasteiger partial charge in [0, 0.05) is 13.0 Å². The number of aromatic nitrogens is 2. The summed E-state index contributed by atoms with van der Waals surface area (Å²) >= 11 is 0. The third-order valence-electron chi connectivity index (χ3n) is 4.43. The Bertz CT molecular complexity index is 708. The maximum atomic E-state index is 12.6. The highest BCUT2D eigenvalue weighted by Gasteiger charge is 2.38. The van der Waals surface area contributed by atoms with Gasteiger partial charge in [0.05, 0.1) is 37.7 Å². The van der Waals surface area contributed by atoms with Crippen molar-refractivity contribution in [1.29, 1.82) is 0 Å². The van der Waals surface area contributed by atoms with E-state index in [1.807, 2.05) is 31.2 Å². The van der Waals surface area contributed by atoms with Crippen LogP contribution in [0.2, 0.25) is 0 Å². The van der Waals surface area contributed by atoms with Crippen LogP contribution in [0.15, 0.2) is 42.7 Å². The monoisotopic (exact) mass is 327 g/mol. The number of nitrogens with zero attached hydrogens (tertiary/aromatic N) is 3. The molecular weight excluding hydrogens is 306 g/mol. The fourth-order valence-electron chi connectivity index (χ4n) is 3.03. The number of amides is 1. The first-order valence-electron chi connectivity index (χ1n) is 7.99. The molecule has 1 aromatic heterocycles. The van der Waals surface area contributed by atoms with Gasteiger partial charge in [-0.3, -0.25) is 4.79 Å². The summed E-state index contributed by atoms with van der Waals surface area (Å²) < 4.78 is 5.92. The Hall–Kier alpha value is -2.31. The highest BCUT2D eigenvalue weighted by Crippen LogP contribution is 2.25. The smallest absolute Gasteiger partial charge is 0.255 e. The van der Waals surface area contributed by atoms with Crippen LogP contribution in [0.4, 0.5) is 0 Å². The maximum absolute atomic E-state index is 12.6. The Morgan fingerprint density at radius 1 is 1.33 bits per heavy atom. The molecule has 0 aliphatic carbocycles. The van der Waals surface area contributed by atoms with Gasteiger partial charge in [-0.25, -0.2) is 0 Å². The number of rotatable bonds is 4. The molecule has 1 aliphatic rings. The van der Waals surface area contributed by atoms with Crippen molar-refractivity contribution >= 4 is 5.91 Å². The topological polar surface area (TPSA) is 75.5 Å². The van der Waals surface area contributed by atoms with E-state index in [-0.39, 0.29) is 12.5 Å². The fraction of sp³-hybridized carbons (Fsp3) is 0.389. The summed E-state index contributed by atoms with van der Waals surface area (Å²) in [7, 11) is 0. The minimum absolute atomic E-state index is 0.115. The van der Waals surface area contributed by atoms with Crippen molar-refractivity contribution in [2.24, 2.45) is 0 Å². The molecule has 0 unspecified atom stereocenters. The van der Waals surface area contributed by atoms with Crippen LogP contribution in [-0.2, 0) is 11.2 Å². The summed E-state index contributed by atoms with van der Waals surface area (Å²) in [5, 5.41) is 17.4. The van der Waals surface area contributed by atoms with Crippen molar-refractivity contribution in [1.82, 2.24) is 15.1 Å². The number of carbonyl (C=O) groups excluding carboxylic acids is 1. The molecular formula is C18H21N3O3. The van der Waals surface area contributed by atoms with Crippen LogP contribution in [0.25, 0.3) is 0 Å². The van der Waals surface area contributed by atoms with Gasteiger partial charge in [0.25, 0.3) is 5.91 Å². The van der Waals surface area contributed by atoms with E-state index < -0.39 is 5.60 Å². The predicted molar refractivity (Wildman–Crippen MR) is 88.6 cm³/mol. The number of ether oxygens (including phenoxy) is 1. The average Bonchev–Trinajstić information content (AvgIpc) is 2.64. The SMILES string of the molecule is Cc1ccccc1C[C@@]1(CO)CN(C(=O)c2ccnnc2)CCO1. The first kappa shape index (κ1) is 16.5. The van der Waals surface area contributed by atoms with E-state index in [0.29, 0.717) is 31.7 Å². The van der Waals surface area contributed by atoms with Crippen LogP contribution < -0.4 is 0 Å². The molecule has 2 aromatic rings. The van der Waals surface area contributed by atoms with Gasteiger partial charge in [0.1, 0.15) is 5.60 Å². The molecule has 6 heteroatoms. The Morgan fingerprint density at radius 2 is 2.17 bits per heavy atom. The van der Waals surface area contributed by atoms with Crippen molar-refractivity contribution in [3.8, 4) is 0 Å². The Balaban J connectivity index is 1.79. The van der Waals surface area contributed by atoms with Gasteiger partial charge in [0.2, 0.25) is 0 Å². The number of benzene rings is 1. The molecule has 0 saturated carbocycles. The van der Waals surface area contributed by atoms with Crippen molar-refractivity contribution in [3.05, 3.63) is 59.4 Å². The van der Waals surface area contributed by atoms with Crippen LogP contribution in [0.3, 0.4) is 0 Å². The molecule has 1 amide bonds. The quantitative estimate of drug-likeness (QED) is 0.914. The molecule has 1 aliphatic heterocycles. The van der Waals surface area contributed by atoms with Crippen LogP contribution in [-0.4, -0.2) is 58.0 Å². The molecule has 126 valence electrons. The van der Waals surface area contributed by atoms with E-state index in [9.17, 15) is 9.90 Å². The lowest BCUT2D eigenvalue weighted by Crippen LogP contribution is -2.56.